The number of rotatable bonds is 1. The molecule has 0 bridgehead atoms. The van der Waals surface area contributed by atoms with E-state index in [9.17, 15) is 0 Å². The fourth-order valence-electron chi connectivity index (χ4n) is 1.30. The highest BCUT2D eigenvalue weighted by molar-refractivity contribution is 5.42. The normalized spacial score (nSPS) is 9.87. The Morgan fingerprint density at radius 3 is 2.47 bits per heavy atom. The Hall–Kier alpha value is -2.35. The summed E-state index contributed by atoms with van der Waals surface area (Å²) in [5.41, 5.74) is 7.07. The molecule has 74 valence electrons. The van der Waals surface area contributed by atoms with Crippen LogP contribution in [0, 0.1) is 18.3 Å². The van der Waals surface area contributed by atoms with Crippen LogP contribution in [0.2, 0.25) is 0 Å². The molecule has 2 rings (SSSR count). The third kappa shape index (κ3) is 1.65. The van der Waals surface area contributed by atoms with E-state index < -0.39 is 0 Å². The van der Waals surface area contributed by atoms with E-state index in [2.05, 4.69) is 10.1 Å². The van der Waals surface area contributed by atoms with E-state index in [-0.39, 0.29) is 0 Å². The van der Waals surface area contributed by atoms with Crippen molar-refractivity contribution in [1.82, 2.24) is 14.8 Å². The van der Waals surface area contributed by atoms with Crippen molar-refractivity contribution in [3.8, 4) is 11.8 Å². The lowest BCUT2D eigenvalue weighted by molar-refractivity contribution is 0.872. The van der Waals surface area contributed by atoms with Crippen LogP contribution in [0.1, 0.15) is 11.4 Å². The van der Waals surface area contributed by atoms with Crippen molar-refractivity contribution >= 4 is 5.95 Å². The first kappa shape index (κ1) is 9.21. The van der Waals surface area contributed by atoms with Crippen LogP contribution in [0.4, 0.5) is 5.95 Å². The van der Waals surface area contributed by atoms with E-state index in [0.29, 0.717) is 17.3 Å². The van der Waals surface area contributed by atoms with Gasteiger partial charge in [-0.3, -0.25) is 0 Å². The van der Waals surface area contributed by atoms with Gasteiger partial charge in [0.25, 0.3) is 0 Å². The Morgan fingerprint density at radius 1 is 1.33 bits per heavy atom. The summed E-state index contributed by atoms with van der Waals surface area (Å²) in [5, 5.41) is 12.8. The highest BCUT2D eigenvalue weighted by atomic mass is 15.4. The first-order valence-electron chi connectivity index (χ1n) is 4.40. The van der Waals surface area contributed by atoms with Gasteiger partial charge in [0.1, 0.15) is 5.82 Å². The van der Waals surface area contributed by atoms with Crippen molar-refractivity contribution in [2.45, 2.75) is 6.92 Å². The van der Waals surface area contributed by atoms with Crippen LogP contribution in [-0.4, -0.2) is 14.8 Å². The second-order valence-electron chi connectivity index (χ2n) is 3.09. The van der Waals surface area contributed by atoms with Crippen molar-refractivity contribution < 1.29 is 0 Å². The number of aryl methyl sites for hydroxylation is 1. The molecule has 0 saturated carbocycles. The Labute approximate surface area is 86.8 Å². The molecule has 1 aromatic carbocycles. The number of hydrogen-bond donors (Lipinski definition) is 1. The van der Waals surface area contributed by atoms with Crippen LogP contribution < -0.4 is 5.73 Å². The summed E-state index contributed by atoms with van der Waals surface area (Å²) in [7, 11) is 0. The monoisotopic (exact) mass is 199 g/mol. The molecule has 5 heteroatoms. The lowest BCUT2D eigenvalue weighted by Gasteiger charge is -2.01. The summed E-state index contributed by atoms with van der Waals surface area (Å²) in [4.78, 5) is 3.99. The average molecular weight is 199 g/mol. The predicted molar refractivity (Wildman–Crippen MR) is 55.2 cm³/mol. The molecule has 0 unspecified atom stereocenters. The number of anilines is 1. The Balaban J connectivity index is 2.46. The fraction of sp³-hybridized carbons (Fsp3) is 0.100. The molecule has 5 nitrogen and oxygen atoms in total. The quantitative estimate of drug-likeness (QED) is 0.743. The maximum absolute atomic E-state index is 8.65. The van der Waals surface area contributed by atoms with E-state index in [0.717, 1.165) is 5.69 Å². The van der Waals surface area contributed by atoms with Gasteiger partial charge < -0.3 is 5.73 Å². The van der Waals surface area contributed by atoms with Gasteiger partial charge in [0.15, 0.2) is 0 Å². The van der Waals surface area contributed by atoms with Crippen molar-refractivity contribution in [3.63, 3.8) is 0 Å². The summed E-state index contributed by atoms with van der Waals surface area (Å²) >= 11 is 0. The maximum atomic E-state index is 8.65. The zero-order chi connectivity index (χ0) is 10.8. The molecular weight excluding hydrogens is 190 g/mol. The molecule has 2 N–H and O–H groups in total. The minimum absolute atomic E-state index is 0.345. The van der Waals surface area contributed by atoms with Crippen LogP contribution in [0.15, 0.2) is 24.3 Å². The van der Waals surface area contributed by atoms with Crippen molar-refractivity contribution in [1.29, 1.82) is 5.26 Å². The van der Waals surface area contributed by atoms with Gasteiger partial charge in [0, 0.05) is 0 Å². The topological polar surface area (TPSA) is 80.5 Å². The second kappa shape index (κ2) is 3.42. The molecular formula is C10H9N5. The van der Waals surface area contributed by atoms with Crippen LogP contribution in [0.3, 0.4) is 0 Å². The minimum atomic E-state index is 0.345. The van der Waals surface area contributed by atoms with Gasteiger partial charge >= 0.3 is 0 Å². The highest BCUT2D eigenvalue weighted by Gasteiger charge is 2.05. The standard InChI is InChI=1S/C10H9N5/c1-7-13-10(12)15(14-7)9-4-2-8(6-11)3-5-9/h2-5H,1H3,(H2,12,13,14). The third-order valence-corrected chi connectivity index (χ3v) is 1.98. The summed E-state index contributed by atoms with van der Waals surface area (Å²) in [6, 6.07) is 9.04. The molecule has 0 aliphatic carbocycles. The Bertz CT molecular complexity index is 518. The van der Waals surface area contributed by atoms with Crippen LogP contribution in [-0.2, 0) is 0 Å². The SMILES string of the molecule is Cc1nc(N)n(-c2ccc(C#N)cc2)n1. The van der Waals surface area contributed by atoms with E-state index in [1.165, 1.54) is 4.68 Å². The predicted octanol–water partition coefficient (Wildman–Crippen LogP) is 1.03. The minimum Gasteiger partial charge on any atom is -0.368 e. The molecule has 1 aromatic heterocycles. The summed E-state index contributed by atoms with van der Waals surface area (Å²) < 4.78 is 1.54. The average Bonchev–Trinajstić information content (AvgIpc) is 2.58. The number of nitriles is 1. The Kier molecular flexibility index (Phi) is 2.10. The highest BCUT2D eigenvalue weighted by Crippen LogP contribution is 2.11. The zero-order valence-electron chi connectivity index (χ0n) is 8.18. The molecule has 0 spiro atoms. The van der Waals surface area contributed by atoms with Gasteiger partial charge in [-0.25, -0.2) is 0 Å². The summed E-state index contributed by atoms with van der Waals surface area (Å²) in [5.74, 6) is 0.967. The molecule has 0 aliphatic rings. The lowest BCUT2D eigenvalue weighted by atomic mass is 10.2. The number of nitrogens with zero attached hydrogens (tertiary/aromatic N) is 4. The first-order valence-corrected chi connectivity index (χ1v) is 4.40. The van der Waals surface area contributed by atoms with Gasteiger partial charge in [0.2, 0.25) is 5.95 Å². The molecule has 2 aromatic rings. The number of aromatic nitrogens is 3. The number of hydrogen-bond acceptors (Lipinski definition) is 4. The number of nitrogen functional groups attached to an aromatic ring is 1. The van der Waals surface area contributed by atoms with Gasteiger partial charge in [0.05, 0.1) is 17.3 Å². The molecule has 0 fully saturated rings. The molecule has 0 amide bonds. The molecule has 1 heterocycles. The van der Waals surface area contributed by atoms with Gasteiger partial charge in [-0.15, -0.1) is 5.10 Å². The number of benzene rings is 1. The Morgan fingerprint density at radius 2 is 2.00 bits per heavy atom. The second-order valence-corrected chi connectivity index (χ2v) is 3.09. The molecule has 15 heavy (non-hydrogen) atoms. The summed E-state index contributed by atoms with van der Waals surface area (Å²) in [6.45, 7) is 1.77. The fourth-order valence-corrected chi connectivity index (χ4v) is 1.30. The maximum Gasteiger partial charge on any atom is 0.223 e. The van der Waals surface area contributed by atoms with Crippen LogP contribution >= 0.6 is 0 Å². The summed E-state index contributed by atoms with van der Waals surface area (Å²) in [6.07, 6.45) is 0. The van der Waals surface area contributed by atoms with Crippen molar-refractivity contribution in [2.75, 3.05) is 5.73 Å². The lowest BCUT2D eigenvalue weighted by Crippen LogP contribution is -2.02. The van der Waals surface area contributed by atoms with Crippen LogP contribution in [0.25, 0.3) is 5.69 Å². The first-order chi connectivity index (χ1) is 7.20. The van der Waals surface area contributed by atoms with E-state index >= 15 is 0 Å². The van der Waals surface area contributed by atoms with E-state index in [1.807, 2.05) is 6.07 Å². The van der Waals surface area contributed by atoms with E-state index in [1.54, 1.807) is 31.2 Å². The molecule has 0 radical (unpaired) electrons. The van der Waals surface area contributed by atoms with Crippen molar-refractivity contribution in [3.05, 3.63) is 35.7 Å². The van der Waals surface area contributed by atoms with Gasteiger partial charge in [-0.2, -0.15) is 14.9 Å². The third-order valence-electron chi connectivity index (χ3n) is 1.98. The van der Waals surface area contributed by atoms with Crippen molar-refractivity contribution in [2.24, 2.45) is 0 Å². The number of nitrogens with two attached hydrogens (primary N) is 1. The van der Waals surface area contributed by atoms with Gasteiger partial charge in [-0.05, 0) is 31.2 Å². The van der Waals surface area contributed by atoms with Crippen LogP contribution in [0.5, 0.6) is 0 Å². The zero-order valence-corrected chi connectivity index (χ0v) is 8.18. The molecule has 0 aliphatic heterocycles. The van der Waals surface area contributed by atoms with E-state index in [4.69, 9.17) is 11.0 Å². The molecule has 0 saturated heterocycles. The molecule has 0 atom stereocenters. The van der Waals surface area contributed by atoms with Gasteiger partial charge in [-0.1, -0.05) is 0 Å². The largest absolute Gasteiger partial charge is 0.368 e. The smallest absolute Gasteiger partial charge is 0.223 e.